The van der Waals surface area contributed by atoms with Crippen LogP contribution in [0.25, 0.3) is 0 Å². The van der Waals surface area contributed by atoms with Crippen molar-refractivity contribution in [2.75, 3.05) is 0 Å². The molecule has 4 heteroatoms. The number of ether oxygens (including phenoxy) is 1. The molecule has 0 radical (unpaired) electrons. The van der Waals surface area contributed by atoms with Crippen molar-refractivity contribution in [2.24, 2.45) is 17.3 Å². The second-order valence-electron chi connectivity index (χ2n) is 5.95. The Labute approximate surface area is 95.2 Å². The molecule has 3 aliphatic carbocycles. The molecular weight excluding hydrogens is 204 g/mol. The zero-order valence-electron chi connectivity index (χ0n) is 9.58. The van der Waals surface area contributed by atoms with Crippen molar-refractivity contribution in [3.63, 3.8) is 0 Å². The number of nitrogens with one attached hydrogen (secondary N) is 2. The van der Waals surface area contributed by atoms with Gasteiger partial charge in [-0.15, -0.1) is 0 Å². The van der Waals surface area contributed by atoms with E-state index in [1.807, 2.05) is 0 Å². The van der Waals surface area contributed by atoms with Gasteiger partial charge in [-0.3, -0.25) is 10.7 Å². The van der Waals surface area contributed by atoms with Crippen molar-refractivity contribution in [3.05, 3.63) is 0 Å². The Hall–Kier alpha value is -1.06. The average molecular weight is 222 g/mol. The first-order valence-corrected chi connectivity index (χ1v) is 6.08. The van der Waals surface area contributed by atoms with E-state index >= 15 is 0 Å². The summed E-state index contributed by atoms with van der Waals surface area (Å²) in [5.41, 5.74) is 0.129. The third-order valence-corrected chi connectivity index (χ3v) is 4.72. The molecule has 88 valence electrons. The predicted molar refractivity (Wildman–Crippen MR) is 59.3 cm³/mol. The molecule has 0 saturated heterocycles. The summed E-state index contributed by atoms with van der Waals surface area (Å²) in [6.07, 6.45) is 6.27. The number of fused-ring (bicyclic) bond motifs is 1. The van der Waals surface area contributed by atoms with Gasteiger partial charge in [0.2, 0.25) is 0 Å². The fourth-order valence-electron chi connectivity index (χ4n) is 4.42. The van der Waals surface area contributed by atoms with Crippen LogP contribution in [-0.2, 0) is 4.74 Å². The van der Waals surface area contributed by atoms with Gasteiger partial charge in [-0.1, -0.05) is 6.92 Å². The normalized spacial score (nSPS) is 48.1. The maximum absolute atomic E-state index is 11.4. The van der Waals surface area contributed by atoms with Gasteiger partial charge < -0.3 is 4.74 Å². The SMILES string of the molecule is CC1CC2CC3(C1)CC3(OC(=O)NC=N)C2. The topological polar surface area (TPSA) is 62.2 Å². The molecule has 4 atom stereocenters. The van der Waals surface area contributed by atoms with Crippen molar-refractivity contribution < 1.29 is 9.53 Å². The van der Waals surface area contributed by atoms with Crippen LogP contribution in [0.1, 0.15) is 39.0 Å². The summed E-state index contributed by atoms with van der Waals surface area (Å²) in [4.78, 5) is 11.4. The summed E-state index contributed by atoms with van der Waals surface area (Å²) in [5.74, 6) is 1.53. The number of carbonyl (C=O) groups excluding carboxylic acids is 1. The van der Waals surface area contributed by atoms with Crippen LogP contribution in [0, 0.1) is 22.7 Å². The van der Waals surface area contributed by atoms with Crippen LogP contribution in [0.4, 0.5) is 4.79 Å². The lowest BCUT2D eigenvalue weighted by Gasteiger charge is -2.27. The summed E-state index contributed by atoms with van der Waals surface area (Å²) < 4.78 is 5.56. The first-order valence-electron chi connectivity index (χ1n) is 6.08. The first kappa shape index (κ1) is 10.1. The molecule has 4 nitrogen and oxygen atoms in total. The molecule has 1 spiro atoms. The van der Waals surface area contributed by atoms with Gasteiger partial charge in [0.25, 0.3) is 0 Å². The number of hydrogen-bond donors (Lipinski definition) is 2. The first-order chi connectivity index (χ1) is 7.59. The Morgan fingerprint density at radius 2 is 2.31 bits per heavy atom. The molecule has 0 heterocycles. The van der Waals surface area contributed by atoms with Gasteiger partial charge in [0.15, 0.2) is 0 Å². The highest BCUT2D eigenvalue weighted by atomic mass is 16.6. The lowest BCUT2D eigenvalue weighted by atomic mass is 9.77. The molecule has 0 aliphatic heterocycles. The highest BCUT2D eigenvalue weighted by Crippen LogP contribution is 2.76. The molecule has 2 bridgehead atoms. The molecule has 16 heavy (non-hydrogen) atoms. The van der Waals surface area contributed by atoms with Crippen molar-refractivity contribution in [2.45, 2.75) is 44.6 Å². The Kier molecular flexibility index (Phi) is 1.89. The Balaban J connectivity index is 1.73. The molecule has 3 aliphatic rings. The molecule has 3 rings (SSSR count). The Morgan fingerprint density at radius 3 is 3.06 bits per heavy atom. The second kappa shape index (κ2) is 2.99. The van der Waals surface area contributed by atoms with Crippen LogP contribution in [0.15, 0.2) is 0 Å². The van der Waals surface area contributed by atoms with Gasteiger partial charge in [0, 0.05) is 5.41 Å². The van der Waals surface area contributed by atoms with Crippen LogP contribution in [0.2, 0.25) is 0 Å². The van der Waals surface area contributed by atoms with Crippen LogP contribution >= 0.6 is 0 Å². The van der Waals surface area contributed by atoms with E-state index in [1.165, 1.54) is 19.3 Å². The van der Waals surface area contributed by atoms with E-state index in [0.717, 1.165) is 31.0 Å². The Bertz CT molecular complexity index is 357. The van der Waals surface area contributed by atoms with E-state index in [-0.39, 0.29) is 5.60 Å². The van der Waals surface area contributed by atoms with E-state index < -0.39 is 6.09 Å². The molecule has 1 amide bonds. The second-order valence-corrected chi connectivity index (χ2v) is 5.95. The maximum Gasteiger partial charge on any atom is 0.412 e. The molecule has 3 saturated carbocycles. The highest BCUT2D eigenvalue weighted by molar-refractivity contribution is 5.81. The van der Waals surface area contributed by atoms with Crippen molar-refractivity contribution in [1.82, 2.24) is 5.32 Å². The van der Waals surface area contributed by atoms with Gasteiger partial charge in [-0.2, -0.15) is 0 Å². The monoisotopic (exact) mass is 222 g/mol. The fraction of sp³-hybridized carbons (Fsp3) is 0.833. The van der Waals surface area contributed by atoms with Crippen LogP contribution < -0.4 is 5.32 Å². The smallest absolute Gasteiger partial charge is 0.412 e. The molecule has 3 fully saturated rings. The third kappa shape index (κ3) is 1.22. The summed E-state index contributed by atoms with van der Waals surface area (Å²) in [6, 6.07) is 0. The highest BCUT2D eigenvalue weighted by Gasteiger charge is 2.76. The third-order valence-electron chi connectivity index (χ3n) is 4.72. The predicted octanol–water partition coefficient (Wildman–Crippen LogP) is 2.29. The quantitative estimate of drug-likeness (QED) is 0.556. The summed E-state index contributed by atoms with van der Waals surface area (Å²) in [6.45, 7) is 2.31. The Morgan fingerprint density at radius 1 is 1.50 bits per heavy atom. The summed E-state index contributed by atoms with van der Waals surface area (Å²) in [5, 5.41) is 9.12. The number of hydrogen-bond acceptors (Lipinski definition) is 3. The molecule has 0 aromatic heterocycles. The van der Waals surface area contributed by atoms with Gasteiger partial charge >= 0.3 is 6.09 Å². The van der Waals surface area contributed by atoms with E-state index in [1.54, 1.807) is 0 Å². The van der Waals surface area contributed by atoms with E-state index in [0.29, 0.717) is 5.41 Å². The minimum absolute atomic E-state index is 0.171. The van der Waals surface area contributed by atoms with Crippen LogP contribution in [0.3, 0.4) is 0 Å². The van der Waals surface area contributed by atoms with Crippen molar-refractivity contribution in [3.8, 4) is 0 Å². The number of carbonyl (C=O) groups is 1. The zero-order valence-corrected chi connectivity index (χ0v) is 9.58. The molecule has 0 aromatic rings. The minimum Gasteiger partial charge on any atom is -0.442 e. The average Bonchev–Trinajstić information content (AvgIpc) is 2.61. The lowest BCUT2D eigenvalue weighted by Crippen LogP contribution is -2.30. The minimum atomic E-state index is -0.452. The molecule has 4 unspecified atom stereocenters. The van der Waals surface area contributed by atoms with Crippen LogP contribution in [0.5, 0.6) is 0 Å². The standard InChI is InChI=1S/C12H18N2O2/c1-8-2-9-4-11(3-8)6-12(11,5-9)16-10(15)14-7-13/h7-9H,2-6H2,1H3,(H2,13,14,15). The fourth-order valence-corrected chi connectivity index (χ4v) is 4.42. The number of rotatable bonds is 2. The zero-order chi connectivity index (χ0) is 11.4. The largest absolute Gasteiger partial charge is 0.442 e. The van der Waals surface area contributed by atoms with Gasteiger partial charge in [0.05, 0.1) is 6.34 Å². The van der Waals surface area contributed by atoms with Gasteiger partial charge in [-0.05, 0) is 43.9 Å². The number of amides is 1. The number of alkyl carbamates (subject to hydrolysis) is 1. The van der Waals surface area contributed by atoms with E-state index in [4.69, 9.17) is 10.1 Å². The van der Waals surface area contributed by atoms with Gasteiger partial charge in [-0.25, -0.2) is 4.79 Å². The van der Waals surface area contributed by atoms with E-state index in [2.05, 4.69) is 12.2 Å². The summed E-state index contributed by atoms with van der Waals surface area (Å²) in [7, 11) is 0. The summed E-state index contributed by atoms with van der Waals surface area (Å²) >= 11 is 0. The maximum atomic E-state index is 11.4. The van der Waals surface area contributed by atoms with Crippen LogP contribution in [-0.4, -0.2) is 18.0 Å². The van der Waals surface area contributed by atoms with Gasteiger partial charge in [0.1, 0.15) is 5.60 Å². The van der Waals surface area contributed by atoms with E-state index in [9.17, 15) is 4.79 Å². The molecule has 0 aromatic carbocycles. The lowest BCUT2D eigenvalue weighted by molar-refractivity contribution is 0.0657. The molecular formula is C12H18N2O2. The molecule has 2 N–H and O–H groups in total. The van der Waals surface area contributed by atoms with Crippen molar-refractivity contribution in [1.29, 1.82) is 5.41 Å². The van der Waals surface area contributed by atoms with Crippen molar-refractivity contribution >= 4 is 12.4 Å².